The van der Waals surface area contributed by atoms with E-state index in [1.54, 1.807) is 18.3 Å². The van der Waals surface area contributed by atoms with Crippen LogP contribution in [0.1, 0.15) is 43.4 Å². The molecule has 134 valence electrons. The average Bonchev–Trinajstić information content (AvgIpc) is 3.08. The van der Waals surface area contributed by atoms with Gasteiger partial charge in [-0.05, 0) is 57.0 Å². The summed E-state index contributed by atoms with van der Waals surface area (Å²) >= 11 is 0. The standard InChI is InChI=1S/C21H23FN4/c1-3-18-7-6-16-13-20(22)17(5-4-15(14-23)8-9-24-2)12-19(16)21-25-10-11-26(18)21/h10-13,15,18,24H,3,6-9H2,1-2H3/t15-,18?/m1/s1. The van der Waals surface area contributed by atoms with Gasteiger partial charge in [-0.2, -0.15) is 5.26 Å². The molecule has 0 radical (unpaired) electrons. The summed E-state index contributed by atoms with van der Waals surface area (Å²) < 4.78 is 16.8. The molecule has 1 aliphatic heterocycles. The molecule has 1 unspecified atom stereocenters. The molecule has 2 atom stereocenters. The zero-order chi connectivity index (χ0) is 18.5. The normalized spacial score (nSPS) is 16.5. The number of hydrogen-bond donors (Lipinski definition) is 1. The number of imidazole rings is 1. The Morgan fingerprint density at radius 3 is 3.04 bits per heavy atom. The molecule has 0 saturated carbocycles. The van der Waals surface area contributed by atoms with Crippen LogP contribution in [0.3, 0.4) is 0 Å². The van der Waals surface area contributed by atoms with Gasteiger partial charge in [0, 0.05) is 24.0 Å². The van der Waals surface area contributed by atoms with Crippen LogP contribution in [-0.4, -0.2) is 23.1 Å². The van der Waals surface area contributed by atoms with Crippen LogP contribution in [0.4, 0.5) is 4.39 Å². The van der Waals surface area contributed by atoms with E-state index in [-0.39, 0.29) is 5.82 Å². The molecule has 26 heavy (non-hydrogen) atoms. The minimum Gasteiger partial charge on any atom is -0.328 e. The van der Waals surface area contributed by atoms with Crippen LogP contribution < -0.4 is 5.32 Å². The maximum absolute atomic E-state index is 14.6. The number of halogens is 1. The van der Waals surface area contributed by atoms with E-state index in [0.717, 1.165) is 36.2 Å². The van der Waals surface area contributed by atoms with Gasteiger partial charge >= 0.3 is 0 Å². The summed E-state index contributed by atoms with van der Waals surface area (Å²) in [5.74, 6) is 5.92. The fourth-order valence-electron chi connectivity index (χ4n) is 3.43. The number of aromatic nitrogens is 2. The van der Waals surface area contributed by atoms with Crippen molar-refractivity contribution >= 4 is 0 Å². The highest BCUT2D eigenvalue weighted by Crippen LogP contribution is 2.34. The van der Waals surface area contributed by atoms with Crippen molar-refractivity contribution in [2.45, 2.75) is 38.6 Å². The van der Waals surface area contributed by atoms with Gasteiger partial charge < -0.3 is 9.88 Å². The van der Waals surface area contributed by atoms with Gasteiger partial charge in [-0.3, -0.25) is 0 Å². The molecular formula is C21H23FN4. The lowest BCUT2D eigenvalue weighted by Gasteiger charge is -2.15. The first-order valence-electron chi connectivity index (χ1n) is 9.09. The molecule has 1 aliphatic rings. The fourth-order valence-corrected chi connectivity index (χ4v) is 3.43. The lowest BCUT2D eigenvalue weighted by atomic mass is 9.98. The third-order valence-electron chi connectivity index (χ3n) is 4.93. The minimum atomic E-state index is -0.410. The summed E-state index contributed by atoms with van der Waals surface area (Å²) in [4.78, 5) is 4.51. The summed E-state index contributed by atoms with van der Waals surface area (Å²) in [6, 6.07) is 5.93. The Labute approximate surface area is 154 Å². The molecule has 5 heteroatoms. The van der Waals surface area contributed by atoms with Gasteiger partial charge in [0.25, 0.3) is 0 Å². The number of nitriles is 1. The largest absolute Gasteiger partial charge is 0.328 e. The van der Waals surface area contributed by atoms with Crippen molar-refractivity contribution in [1.82, 2.24) is 14.9 Å². The van der Waals surface area contributed by atoms with Crippen molar-refractivity contribution in [1.29, 1.82) is 5.26 Å². The van der Waals surface area contributed by atoms with E-state index in [1.807, 2.05) is 13.2 Å². The summed E-state index contributed by atoms with van der Waals surface area (Å²) in [5, 5.41) is 12.2. The Kier molecular flexibility index (Phi) is 5.71. The van der Waals surface area contributed by atoms with Crippen molar-refractivity contribution in [3.05, 3.63) is 41.5 Å². The van der Waals surface area contributed by atoms with Gasteiger partial charge in [0.05, 0.1) is 11.6 Å². The van der Waals surface area contributed by atoms with E-state index < -0.39 is 5.92 Å². The number of rotatable bonds is 4. The van der Waals surface area contributed by atoms with E-state index in [4.69, 9.17) is 0 Å². The van der Waals surface area contributed by atoms with Gasteiger partial charge in [0.1, 0.15) is 17.6 Å². The van der Waals surface area contributed by atoms with Crippen molar-refractivity contribution in [3.8, 4) is 29.3 Å². The first kappa shape index (κ1) is 18.2. The van der Waals surface area contributed by atoms with E-state index in [2.05, 4.69) is 39.7 Å². The van der Waals surface area contributed by atoms with Crippen LogP contribution in [0.2, 0.25) is 0 Å². The molecule has 0 saturated heterocycles. The van der Waals surface area contributed by atoms with Gasteiger partial charge in [-0.15, -0.1) is 0 Å². The molecule has 1 aromatic heterocycles. The predicted octanol–water partition coefficient (Wildman–Crippen LogP) is 3.69. The molecule has 0 bridgehead atoms. The molecule has 2 heterocycles. The van der Waals surface area contributed by atoms with Crippen molar-refractivity contribution in [3.63, 3.8) is 0 Å². The Balaban J connectivity index is 1.99. The number of nitrogens with zero attached hydrogens (tertiary/aromatic N) is 3. The molecule has 1 N–H and O–H groups in total. The Hall–Kier alpha value is -2.63. The SMILES string of the molecule is CCC1CCc2cc(F)c(C#C[C@@H](C#N)CCNC)cc2-c2nccn21. The number of fused-ring (bicyclic) bond motifs is 3. The number of aryl methyl sites for hydroxylation is 1. The fraction of sp³-hybridized carbons (Fsp3) is 0.429. The highest BCUT2D eigenvalue weighted by molar-refractivity contribution is 5.65. The third-order valence-corrected chi connectivity index (χ3v) is 4.93. The lowest BCUT2D eigenvalue weighted by molar-refractivity contribution is 0.463. The monoisotopic (exact) mass is 350 g/mol. The van der Waals surface area contributed by atoms with E-state index in [1.165, 1.54) is 0 Å². The second kappa shape index (κ2) is 8.17. The highest BCUT2D eigenvalue weighted by Gasteiger charge is 2.22. The van der Waals surface area contributed by atoms with Crippen LogP contribution >= 0.6 is 0 Å². The molecule has 1 aromatic carbocycles. The molecule has 0 amide bonds. The van der Waals surface area contributed by atoms with Crippen molar-refractivity contribution < 1.29 is 4.39 Å². The number of nitrogens with one attached hydrogen (secondary N) is 1. The molecule has 0 aliphatic carbocycles. The third kappa shape index (κ3) is 3.64. The summed E-state index contributed by atoms with van der Waals surface area (Å²) in [5.41, 5.74) is 2.25. The van der Waals surface area contributed by atoms with E-state index in [0.29, 0.717) is 24.6 Å². The van der Waals surface area contributed by atoms with Crippen LogP contribution in [0.5, 0.6) is 0 Å². The van der Waals surface area contributed by atoms with E-state index in [9.17, 15) is 9.65 Å². The number of hydrogen-bond acceptors (Lipinski definition) is 3. The smallest absolute Gasteiger partial charge is 0.140 e. The zero-order valence-corrected chi connectivity index (χ0v) is 15.2. The van der Waals surface area contributed by atoms with Gasteiger partial charge in [0.2, 0.25) is 0 Å². The summed E-state index contributed by atoms with van der Waals surface area (Å²) in [7, 11) is 1.83. The zero-order valence-electron chi connectivity index (χ0n) is 15.2. The van der Waals surface area contributed by atoms with Gasteiger partial charge in [0.15, 0.2) is 0 Å². The predicted molar refractivity (Wildman–Crippen MR) is 99.8 cm³/mol. The van der Waals surface area contributed by atoms with Gasteiger partial charge in [-0.1, -0.05) is 18.8 Å². The number of benzene rings is 1. The van der Waals surface area contributed by atoms with Crippen LogP contribution in [0, 0.1) is 34.9 Å². The van der Waals surface area contributed by atoms with Gasteiger partial charge in [-0.25, -0.2) is 9.37 Å². The summed E-state index contributed by atoms with van der Waals surface area (Å²) in [6.07, 6.45) is 7.22. The molecule has 2 aromatic rings. The second-order valence-electron chi connectivity index (χ2n) is 6.59. The molecule has 0 spiro atoms. The minimum absolute atomic E-state index is 0.324. The van der Waals surface area contributed by atoms with Crippen LogP contribution in [-0.2, 0) is 6.42 Å². The van der Waals surface area contributed by atoms with Crippen LogP contribution in [0.15, 0.2) is 24.5 Å². The average molecular weight is 350 g/mol. The van der Waals surface area contributed by atoms with E-state index >= 15 is 0 Å². The lowest BCUT2D eigenvalue weighted by Crippen LogP contribution is -2.11. The molecule has 3 rings (SSSR count). The summed E-state index contributed by atoms with van der Waals surface area (Å²) in [6.45, 7) is 2.87. The Bertz CT molecular complexity index is 882. The first-order chi connectivity index (χ1) is 12.7. The second-order valence-corrected chi connectivity index (χ2v) is 6.59. The maximum atomic E-state index is 14.6. The first-order valence-corrected chi connectivity index (χ1v) is 9.09. The quantitative estimate of drug-likeness (QED) is 0.856. The topological polar surface area (TPSA) is 53.6 Å². The molecule has 4 nitrogen and oxygen atoms in total. The Morgan fingerprint density at radius 2 is 2.31 bits per heavy atom. The van der Waals surface area contributed by atoms with Crippen molar-refractivity contribution in [2.75, 3.05) is 13.6 Å². The maximum Gasteiger partial charge on any atom is 0.140 e. The molecular weight excluding hydrogens is 327 g/mol. The highest BCUT2D eigenvalue weighted by atomic mass is 19.1. The molecule has 0 fully saturated rings. The van der Waals surface area contributed by atoms with Crippen LogP contribution in [0.25, 0.3) is 11.4 Å². The van der Waals surface area contributed by atoms with Crippen molar-refractivity contribution in [2.24, 2.45) is 5.92 Å². The Morgan fingerprint density at radius 1 is 1.46 bits per heavy atom.